The first-order valence-corrected chi connectivity index (χ1v) is 17.8. The molecule has 6 unspecified atom stereocenters. The first kappa shape index (κ1) is 42.4. The lowest BCUT2D eigenvalue weighted by atomic mass is 9.95. The Morgan fingerprint density at radius 1 is 0.477 bits per heavy atom. The van der Waals surface area contributed by atoms with Crippen LogP contribution in [0.3, 0.4) is 0 Å². The van der Waals surface area contributed by atoms with Crippen LogP contribution in [-0.2, 0) is 9.47 Å². The van der Waals surface area contributed by atoms with Gasteiger partial charge >= 0.3 is 0 Å². The van der Waals surface area contributed by atoms with Crippen molar-refractivity contribution in [3.63, 3.8) is 0 Å². The van der Waals surface area contributed by atoms with Gasteiger partial charge in [-0.25, -0.2) is 0 Å². The molecule has 0 radical (unpaired) electrons. The van der Waals surface area contributed by atoms with Crippen molar-refractivity contribution in [2.75, 3.05) is 14.2 Å². The Hall–Kier alpha value is -1.64. The van der Waals surface area contributed by atoms with Crippen molar-refractivity contribution in [2.45, 2.75) is 145 Å². The van der Waals surface area contributed by atoms with Gasteiger partial charge in [0.2, 0.25) is 0 Å². The van der Waals surface area contributed by atoms with Crippen LogP contribution in [0.25, 0.3) is 0 Å². The van der Waals surface area contributed by atoms with Crippen LogP contribution < -0.4 is 0 Å². The third kappa shape index (κ3) is 25.7. The van der Waals surface area contributed by atoms with E-state index in [9.17, 15) is 0 Å². The zero-order valence-corrected chi connectivity index (χ0v) is 31.3. The van der Waals surface area contributed by atoms with E-state index in [-0.39, 0.29) is 11.2 Å². The smallest absolute Gasteiger partial charge is 0.0657 e. The van der Waals surface area contributed by atoms with Crippen LogP contribution in [0.15, 0.2) is 72.9 Å². The minimum atomic E-state index is -0.0713. The third-order valence-corrected chi connectivity index (χ3v) is 8.84. The van der Waals surface area contributed by atoms with Gasteiger partial charge in [-0.3, -0.25) is 0 Å². The van der Waals surface area contributed by atoms with Crippen LogP contribution >= 0.6 is 0 Å². The SMILES string of the molecule is COC(C)(C)C/C=C/C(C)C/C=C/C(C)CCCC(C)/C=C/C=C/C(C)/C=C/CC(C)CCCC(C)/C=C/CC(C)(C)OC. The van der Waals surface area contributed by atoms with Crippen molar-refractivity contribution in [3.05, 3.63) is 72.9 Å². The predicted octanol–water partition coefficient (Wildman–Crippen LogP) is 12.9. The fourth-order valence-corrected chi connectivity index (χ4v) is 4.98. The summed E-state index contributed by atoms with van der Waals surface area (Å²) in [6, 6.07) is 0. The van der Waals surface area contributed by atoms with Gasteiger partial charge in [-0.05, 0) is 108 Å². The molecule has 44 heavy (non-hydrogen) atoms. The number of methoxy groups -OCH3 is 2. The Kier molecular flexibility index (Phi) is 23.7. The van der Waals surface area contributed by atoms with Gasteiger partial charge in [0.1, 0.15) is 0 Å². The van der Waals surface area contributed by atoms with Gasteiger partial charge in [0, 0.05) is 14.2 Å². The highest BCUT2D eigenvalue weighted by molar-refractivity contribution is 5.08. The average Bonchev–Trinajstić information content (AvgIpc) is 2.95. The number of hydrogen-bond donors (Lipinski definition) is 0. The van der Waals surface area contributed by atoms with E-state index in [2.05, 4.69) is 142 Å². The van der Waals surface area contributed by atoms with Crippen LogP contribution in [0.2, 0.25) is 0 Å². The minimum absolute atomic E-state index is 0.0601. The summed E-state index contributed by atoms with van der Waals surface area (Å²) >= 11 is 0. The van der Waals surface area contributed by atoms with E-state index in [4.69, 9.17) is 9.47 Å². The summed E-state index contributed by atoms with van der Waals surface area (Å²) in [5, 5.41) is 0. The van der Waals surface area contributed by atoms with E-state index in [1.165, 1.54) is 44.9 Å². The molecule has 0 spiro atoms. The molecule has 0 aromatic heterocycles. The summed E-state index contributed by atoms with van der Waals surface area (Å²) in [5.41, 5.74) is -0.131. The summed E-state index contributed by atoms with van der Waals surface area (Å²) in [5.74, 6) is 3.71. The molecular formula is C42H74O2. The Morgan fingerprint density at radius 2 is 0.909 bits per heavy atom. The standard InChI is InChI=1S/C42H74O2/c1-35(23-15-25-37(3)27-17-29-39(5)31-19-33-41(7,8)43-11)21-13-14-22-36(2)24-16-26-38(4)28-18-30-40(6)32-20-34-42(9,10)44-12/h13-15,18-23,28,31-32,35-40H,16-17,24-27,29-30,33-34H2,1-12H3/b21-13+,22-14+,23-15+,28-18+,31-19+,32-20+. The Morgan fingerprint density at radius 3 is 1.45 bits per heavy atom. The normalized spacial score (nSPS) is 18.0. The Labute approximate surface area is 276 Å². The molecule has 0 aliphatic rings. The lowest BCUT2D eigenvalue weighted by Gasteiger charge is -2.20. The number of ether oxygens (including phenoxy) is 2. The zero-order chi connectivity index (χ0) is 33.4. The maximum atomic E-state index is 5.50. The molecule has 6 atom stereocenters. The van der Waals surface area contributed by atoms with Gasteiger partial charge in [-0.15, -0.1) is 0 Å². The summed E-state index contributed by atoms with van der Waals surface area (Å²) in [7, 11) is 3.58. The van der Waals surface area contributed by atoms with E-state index in [0.717, 1.165) is 25.2 Å². The van der Waals surface area contributed by atoms with Crippen LogP contribution in [0.4, 0.5) is 0 Å². The van der Waals surface area contributed by atoms with Crippen molar-refractivity contribution in [1.29, 1.82) is 0 Å². The van der Waals surface area contributed by atoms with Crippen LogP contribution in [0, 0.1) is 35.5 Å². The summed E-state index contributed by atoms with van der Waals surface area (Å²) in [4.78, 5) is 0. The highest BCUT2D eigenvalue weighted by Crippen LogP contribution is 2.20. The lowest BCUT2D eigenvalue weighted by Crippen LogP contribution is -2.20. The molecule has 0 saturated carbocycles. The number of allylic oxidation sites excluding steroid dienone is 10. The quantitative estimate of drug-likeness (QED) is 0.0756. The molecule has 0 rings (SSSR count). The highest BCUT2D eigenvalue weighted by Gasteiger charge is 2.14. The molecule has 0 saturated heterocycles. The number of rotatable bonds is 25. The van der Waals surface area contributed by atoms with Crippen LogP contribution in [-0.4, -0.2) is 25.4 Å². The molecule has 2 heteroatoms. The summed E-state index contributed by atoms with van der Waals surface area (Å²) in [6.07, 6.45) is 39.8. The van der Waals surface area contributed by atoms with Crippen molar-refractivity contribution in [1.82, 2.24) is 0 Å². The van der Waals surface area contributed by atoms with Gasteiger partial charge in [0.15, 0.2) is 0 Å². The molecule has 0 aromatic carbocycles. The predicted molar refractivity (Wildman–Crippen MR) is 198 cm³/mol. The maximum Gasteiger partial charge on any atom is 0.0657 e. The summed E-state index contributed by atoms with van der Waals surface area (Å²) in [6.45, 7) is 22.5. The van der Waals surface area contributed by atoms with Gasteiger partial charge in [0.25, 0.3) is 0 Å². The van der Waals surface area contributed by atoms with Gasteiger partial charge in [-0.1, -0.05) is 134 Å². The first-order valence-electron chi connectivity index (χ1n) is 17.8. The van der Waals surface area contributed by atoms with E-state index >= 15 is 0 Å². The molecule has 0 amide bonds. The van der Waals surface area contributed by atoms with E-state index < -0.39 is 0 Å². The molecule has 2 nitrogen and oxygen atoms in total. The summed E-state index contributed by atoms with van der Waals surface area (Å²) < 4.78 is 11.0. The largest absolute Gasteiger partial charge is 0.378 e. The fraction of sp³-hybridized carbons (Fsp3) is 0.714. The van der Waals surface area contributed by atoms with E-state index in [1.807, 2.05) is 0 Å². The Balaban J connectivity index is 4.12. The maximum absolute atomic E-state index is 5.50. The van der Waals surface area contributed by atoms with E-state index in [1.54, 1.807) is 14.2 Å². The zero-order valence-electron chi connectivity index (χ0n) is 31.3. The van der Waals surface area contributed by atoms with Crippen molar-refractivity contribution in [2.24, 2.45) is 35.5 Å². The lowest BCUT2D eigenvalue weighted by molar-refractivity contribution is 0.0251. The van der Waals surface area contributed by atoms with Crippen LogP contribution in [0.5, 0.6) is 0 Å². The van der Waals surface area contributed by atoms with E-state index in [0.29, 0.717) is 29.6 Å². The van der Waals surface area contributed by atoms with Crippen LogP contribution in [0.1, 0.15) is 133 Å². The van der Waals surface area contributed by atoms with Gasteiger partial charge < -0.3 is 9.47 Å². The molecule has 0 N–H and O–H groups in total. The molecular weight excluding hydrogens is 536 g/mol. The van der Waals surface area contributed by atoms with Gasteiger partial charge in [-0.2, -0.15) is 0 Å². The van der Waals surface area contributed by atoms with Crippen molar-refractivity contribution in [3.8, 4) is 0 Å². The molecule has 0 bridgehead atoms. The van der Waals surface area contributed by atoms with Gasteiger partial charge in [0.05, 0.1) is 11.2 Å². The minimum Gasteiger partial charge on any atom is -0.378 e. The Bertz CT molecular complexity index is 868. The molecule has 0 aliphatic carbocycles. The van der Waals surface area contributed by atoms with Crippen molar-refractivity contribution >= 4 is 0 Å². The second-order valence-corrected chi connectivity index (χ2v) is 15.0. The molecule has 0 aromatic rings. The molecule has 0 heterocycles. The monoisotopic (exact) mass is 611 g/mol. The topological polar surface area (TPSA) is 18.5 Å². The second kappa shape index (κ2) is 24.6. The molecule has 254 valence electrons. The first-order chi connectivity index (χ1) is 20.7. The number of hydrogen-bond acceptors (Lipinski definition) is 2. The molecule has 0 aliphatic heterocycles. The highest BCUT2D eigenvalue weighted by atomic mass is 16.5. The fourth-order valence-electron chi connectivity index (χ4n) is 4.98. The average molecular weight is 611 g/mol. The molecule has 0 fully saturated rings. The third-order valence-electron chi connectivity index (χ3n) is 8.84. The van der Waals surface area contributed by atoms with Crippen molar-refractivity contribution < 1.29 is 9.47 Å². The second-order valence-electron chi connectivity index (χ2n) is 15.0.